The van der Waals surface area contributed by atoms with Crippen LogP contribution < -0.4 is 10.6 Å². The normalized spacial score (nSPS) is 20.9. The number of aliphatic hydroxyl groups excluding tert-OH is 1. The van der Waals surface area contributed by atoms with Crippen LogP contribution in [0.1, 0.15) is 46.6 Å². The molecule has 4 aromatic carbocycles. The number of amides is 2. The molecule has 0 spiro atoms. The molecule has 0 bridgehead atoms. The molecule has 2 saturated heterocycles. The minimum Gasteiger partial charge on any atom is -0.392 e. The molecule has 2 heterocycles. The van der Waals surface area contributed by atoms with E-state index in [1.807, 2.05) is 78.9 Å². The van der Waals surface area contributed by atoms with E-state index >= 15 is 0 Å². The third-order valence-electron chi connectivity index (χ3n) is 8.50. The summed E-state index contributed by atoms with van der Waals surface area (Å²) >= 11 is 0. The van der Waals surface area contributed by atoms with Crippen molar-refractivity contribution in [2.75, 3.05) is 38.0 Å². The lowest BCUT2D eigenvalue weighted by Crippen LogP contribution is -2.49. The van der Waals surface area contributed by atoms with Gasteiger partial charge in [0.05, 0.1) is 18.8 Å². The number of piperazine rings is 1. The Hall–Kier alpha value is -4.05. The number of hydrogen-bond donors (Lipinski definition) is 3. The van der Waals surface area contributed by atoms with E-state index in [9.17, 15) is 9.90 Å². The maximum Gasteiger partial charge on any atom is 0.319 e. The van der Waals surface area contributed by atoms with Crippen LogP contribution in [0, 0.1) is 0 Å². The van der Waals surface area contributed by atoms with Gasteiger partial charge in [0.1, 0.15) is 0 Å². The van der Waals surface area contributed by atoms with Gasteiger partial charge in [0.2, 0.25) is 0 Å². The summed E-state index contributed by atoms with van der Waals surface area (Å²) in [6.07, 6.45) is -0.0388. The number of nitrogens with one attached hydrogen (secondary N) is 2. The minimum absolute atomic E-state index is 0.00906. The van der Waals surface area contributed by atoms with Gasteiger partial charge in [-0.15, -0.1) is 0 Å². The summed E-state index contributed by atoms with van der Waals surface area (Å²) in [6.45, 7) is 6.28. The highest BCUT2D eigenvalue weighted by atomic mass is 16.7. The summed E-state index contributed by atoms with van der Waals surface area (Å²) in [7, 11) is 0. The molecule has 4 aromatic rings. The Kier molecular flexibility index (Phi) is 10.5. The second kappa shape index (κ2) is 15.3. The summed E-state index contributed by atoms with van der Waals surface area (Å²) in [5.41, 5.74) is 5.84. The zero-order chi connectivity index (χ0) is 30.8. The first kappa shape index (κ1) is 31.0. The van der Waals surface area contributed by atoms with Gasteiger partial charge in [-0.05, 0) is 34.4 Å². The number of nitrogens with zero attached hydrogens (tertiary/aromatic N) is 2. The molecule has 8 heteroatoms. The quantitative estimate of drug-likeness (QED) is 0.210. The Balaban J connectivity index is 1.11. The van der Waals surface area contributed by atoms with Crippen molar-refractivity contribution in [1.82, 2.24) is 15.1 Å². The van der Waals surface area contributed by atoms with Crippen molar-refractivity contribution in [2.24, 2.45) is 0 Å². The smallest absolute Gasteiger partial charge is 0.319 e. The molecule has 0 saturated carbocycles. The van der Waals surface area contributed by atoms with Crippen LogP contribution in [0.15, 0.2) is 109 Å². The Morgan fingerprint density at radius 1 is 0.733 bits per heavy atom. The first-order valence-corrected chi connectivity index (χ1v) is 15.8. The van der Waals surface area contributed by atoms with Gasteiger partial charge in [-0.25, -0.2) is 4.79 Å². The minimum atomic E-state index is -0.584. The van der Waals surface area contributed by atoms with Crippen LogP contribution in [0.3, 0.4) is 0 Å². The number of benzene rings is 4. The van der Waals surface area contributed by atoms with Crippen LogP contribution in [-0.4, -0.2) is 59.8 Å². The average molecular weight is 607 g/mol. The lowest BCUT2D eigenvalue weighted by molar-refractivity contribution is -0.253. The number of rotatable bonds is 10. The van der Waals surface area contributed by atoms with Crippen molar-refractivity contribution in [1.29, 1.82) is 0 Å². The van der Waals surface area contributed by atoms with Crippen LogP contribution in [-0.2, 0) is 29.2 Å². The van der Waals surface area contributed by atoms with E-state index in [0.29, 0.717) is 12.2 Å². The monoisotopic (exact) mass is 606 g/mol. The number of urea groups is 1. The van der Waals surface area contributed by atoms with Crippen LogP contribution >= 0.6 is 0 Å². The highest BCUT2D eigenvalue weighted by molar-refractivity contribution is 5.89. The van der Waals surface area contributed by atoms with E-state index in [0.717, 1.165) is 67.9 Å². The summed E-state index contributed by atoms with van der Waals surface area (Å²) in [5.74, 6) is 0. The van der Waals surface area contributed by atoms with Gasteiger partial charge in [0.15, 0.2) is 6.29 Å². The lowest BCUT2D eigenvalue weighted by Gasteiger charge is -2.41. The first-order valence-electron chi connectivity index (χ1n) is 15.8. The van der Waals surface area contributed by atoms with E-state index in [1.165, 1.54) is 5.56 Å². The van der Waals surface area contributed by atoms with Crippen molar-refractivity contribution in [3.05, 3.63) is 137 Å². The molecule has 2 fully saturated rings. The second-order valence-corrected chi connectivity index (χ2v) is 11.8. The Morgan fingerprint density at radius 3 is 2.13 bits per heavy atom. The third kappa shape index (κ3) is 8.78. The fourth-order valence-electron chi connectivity index (χ4n) is 6.01. The van der Waals surface area contributed by atoms with Crippen LogP contribution in [0.25, 0.3) is 0 Å². The van der Waals surface area contributed by atoms with Crippen LogP contribution in [0.4, 0.5) is 10.5 Å². The Bertz CT molecular complexity index is 1490. The number of carbonyl (C=O) groups is 1. The first-order chi connectivity index (χ1) is 22.1. The van der Waals surface area contributed by atoms with Gasteiger partial charge in [-0.1, -0.05) is 97.1 Å². The lowest BCUT2D eigenvalue weighted by atomic mass is 9.99. The predicted molar refractivity (Wildman–Crippen MR) is 175 cm³/mol. The van der Waals surface area contributed by atoms with E-state index in [2.05, 4.69) is 50.8 Å². The maximum atomic E-state index is 12.7. The summed E-state index contributed by atoms with van der Waals surface area (Å²) in [5, 5.41) is 15.4. The van der Waals surface area contributed by atoms with Gasteiger partial charge in [-0.3, -0.25) is 9.80 Å². The van der Waals surface area contributed by atoms with Crippen molar-refractivity contribution in [3.8, 4) is 0 Å². The highest BCUT2D eigenvalue weighted by Gasteiger charge is 2.34. The van der Waals surface area contributed by atoms with Gasteiger partial charge < -0.3 is 25.2 Å². The highest BCUT2D eigenvalue weighted by Crippen LogP contribution is 2.38. The molecule has 0 aromatic heterocycles. The number of hydrogen-bond acceptors (Lipinski definition) is 6. The number of carbonyl (C=O) groups excluding carboxylic acids is 1. The molecule has 3 atom stereocenters. The van der Waals surface area contributed by atoms with Crippen LogP contribution in [0.5, 0.6) is 0 Å². The molecular weight excluding hydrogens is 564 g/mol. The Labute approximate surface area is 265 Å². The molecule has 0 radical (unpaired) electrons. The summed E-state index contributed by atoms with van der Waals surface area (Å²) in [4.78, 5) is 17.7. The summed E-state index contributed by atoms with van der Waals surface area (Å²) < 4.78 is 13.2. The van der Waals surface area contributed by atoms with Gasteiger partial charge in [0, 0.05) is 63.5 Å². The zero-order valence-corrected chi connectivity index (χ0v) is 25.6. The molecule has 2 aliphatic heterocycles. The van der Waals surface area contributed by atoms with E-state index in [4.69, 9.17) is 9.47 Å². The fourth-order valence-corrected chi connectivity index (χ4v) is 6.01. The number of ether oxygens (including phenoxy) is 2. The van der Waals surface area contributed by atoms with Gasteiger partial charge >= 0.3 is 6.03 Å². The third-order valence-corrected chi connectivity index (χ3v) is 8.50. The van der Waals surface area contributed by atoms with Crippen molar-refractivity contribution in [2.45, 2.75) is 44.6 Å². The van der Waals surface area contributed by atoms with E-state index < -0.39 is 6.29 Å². The molecule has 8 nitrogen and oxygen atoms in total. The zero-order valence-electron chi connectivity index (χ0n) is 25.6. The largest absolute Gasteiger partial charge is 0.392 e. The molecule has 2 amide bonds. The molecule has 45 heavy (non-hydrogen) atoms. The average Bonchev–Trinajstić information content (AvgIpc) is 3.09. The van der Waals surface area contributed by atoms with Crippen molar-refractivity contribution >= 4 is 11.7 Å². The van der Waals surface area contributed by atoms with Crippen molar-refractivity contribution in [3.63, 3.8) is 0 Å². The number of anilines is 1. The van der Waals surface area contributed by atoms with Gasteiger partial charge in [0.25, 0.3) is 0 Å². The van der Waals surface area contributed by atoms with E-state index in [-0.39, 0.29) is 24.8 Å². The Morgan fingerprint density at radius 2 is 1.42 bits per heavy atom. The second-order valence-electron chi connectivity index (χ2n) is 11.8. The molecular formula is C37H42N4O4. The maximum absolute atomic E-state index is 12.7. The van der Waals surface area contributed by atoms with Gasteiger partial charge in [-0.2, -0.15) is 0 Å². The molecule has 6 rings (SSSR count). The molecule has 0 aliphatic carbocycles. The topological polar surface area (TPSA) is 86.3 Å². The van der Waals surface area contributed by atoms with E-state index in [1.54, 1.807) is 0 Å². The molecule has 234 valence electrons. The molecule has 3 N–H and O–H groups in total. The molecule has 3 unspecified atom stereocenters. The SMILES string of the molecule is O=C(NCc1ccccc1)Nc1cccc(C2OC(CN3CCN(Cc4ccccc4)CC3)CC(c3ccc(CO)cc3)O2)c1. The predicted octanol–water partition coefficient (Wildman–Crippen LogP) is 5.86. The number of aliphatic hydroxyl groups is 1. The fraction of sp³-hybridized carbons (Fsp3) is 0.324. The standard InChI is InChI=1S/C37H42N4O4/c42-27-30-14-16-31(17-15-30)35-23-34(26-41-20-18-40(19-21-41)25-29-10-5-2-6-11-29)44-36(45-35)32-12-7-13-33(22-32)39-37(43)38-24-28-8-3-1-4-9-28/h1-17,22,34-36,42H,18-21,23-27H2,(H2,38,39,43). The van der Waals surface area contributed by atoms with Crippen LogP contribution in [0.2, 0.25) is 0 Å². The van der Waals surface area contributed by atoms with Crippen molar-refractivity contribution < 1.29 is 19.4 Å². The summed E-state index contributed by atoms with van der Waals surface area (Å²) in [6, 6.07) is 35.8. The molecule has 2 aliphatic rings.